The second-order valence-corrected chi connectivity index (χ2v) is 5.91. The SMILES string of the molecule is Cc1ccc(Br)c(C(=O)C2CCSC2)c1. The third-order valence-electron chi connectivity index (χ3n) is 2.69. The summed E-state index contributed by atoms with van der Waals surface area (Å²) < 4.78 is 0.926. The fraction of sp³-hybridized carbons (Fsp3) is 0.417. The van der Waals surface area contributed by atoms with E-state index in [9.17, 15) is 4.79 Å². The summed E-state index contributed by atoms with van der Waals surface area (Å²) in [4.78, 5) is 12.2. The molecule has 1 aromatic rings. The lowest BCUT2D eigenvalue weighted by atomic mass is 9.96. The quantitative estimate of drug-likeness (QED) is 0.771. The summed E-state index contributed by atoms with van der Waals surface area (Å²) in [5.74, 6) is 2.64. The minimum Gasteiger partial charge on any atom is -0.294 e. The van der Waals surface area contributed by atoms with Crippen LogP contribution in [-0.2, 0) is 0 Å². The molecule has 0 aromatic heterocycles. The van der Waals surface area contributed by atoms with Crippen molar-refractivity contribution in [1.82, 2.24) is 0 Å². The van der Waals surface area contributed by atoms with Gasteiger partial charge in [-0.3, -0.25) is 4.79 Å². The van der Waals surface area contributed by atoms with Crippen LogP contribution in [0.4, 0.5) is 0 Å². The lowest BCUT2D eigenvalue weighted by molar-refractivity contribution is 0.0933. The van der Waals surface area contributed by atoms with Crippen molar-refractivity contribution in [2.75, 3.05) is 11.5 Å². The molecule has 1 heterocycles. The van der Waals surface area contributed by atoms with Crippen LogP contribution in [0.2, 0.25) is 0 Å². The number of halogens is 1. The third kappa shape index (κ3) is 2.45. The number of benzene rings is 1. The van der Waals surface area contributed by atoms with Gasteiger partial charge in [0.25, 0.3) is 0 Å². The van der Waals surface area contributed by atoms with Crippen molar-refractivity contribution in [3.63, 3.8) is 0 Å². The number of hydrogen-bond acceptors (Lipinski definition) is 2. The predicted octanol–water partition coefficient (Wildman–Crippen LogP) is 3.69. The molecule has 0 bridgehead atoms. The average molecular weight is 285 g/mol. The smallest absolute Gasteiger partial charge is 0.167 e. The van der Waals surface area contributed by atoms with E-state index in [4.69, 9.17) is 0 Å². The number of thioether (sulfide) groups is 1. The van der Waals surface area contributed by atoms with E-state index in [0.717, 1.165) is 33.5 Å². The van der Waals surface area contributed by atoms with E-state index in [1.807, 2.05) is 36.9 Å². The number of carbonyl (C=O) groups is 1. The molecule has 2 rings (SSSR count). The van der Waals surface area contributed by atoms with Crippen molar-refractivity contribution in [2.45, 2.75) is 13.3 Å². The van der Waals surface area contributed by atoms with Crippen LogP contribution in [0.15, 0.2) is 22.7 Å². The van der Waals surface area contributed by atoms with E-state index in [0.29, 0.717) is 5.78 Å². The first-order valence-electron chi connectivity index (χ1n) is 5.06. The average Bonchev–Trinajstić information content (AvgIpc) is 2.74. The number of hydrogen-bond donors (Lipinski definition) is 0. The highest BCUT2D eigenvalue weighted by molar-refractivity contribution is 9.10. The molecule has 1 saturated heterocycles. The highest BCUT2D eigenvalue weighted by Gasteiger charge is 2.25. The summed E-state index contributed by atoms with van der Waals surface area (Å²) in [6.45, 7) is 2.02. The van der Waals surface area contributed by atoms with Crippen LogP contribution >= 0.6 is 27.7 Å². The van der Waals surface area contributed by atoms with Gasteiger partial charge in [0, 0.05) is 21.7 Å². The Balaban J connectivity index is 2.27. The highest BCUT2D eigenvalue weighted by atomic mass is 79.9. The number of carbonyl (C=O) groups excluding carboxylic acids is 1. The molecule has 0 saturated carbocycles. The molecule has 1 aliphatic rings. The Morgan fingerprint density at radius 2 is 2.33 bits per heavy atom. The van der Waals surface area contributed by atoms with Gasteiger partial charge < -0.3 is 0 Å². The Hall–Kier alpha value is -0.280. The highest BCUT2D eigenvalue weighted by Crippen LogP contribution is 2.29. The van der Waals surface area contributed by atoms with Crippen molar-refractivity contribution in [3.05, 3.63) is 33.8 Å². The molecule has 0 radical (unpaired) electrons. The van der Waals surface area contributed by atoms with Gasteiger partial charge in [-0.25, -0.2) is 0 Å². The number of aryl methyl sites for hydroxylation is 1. The van der Waals surface area contributed by atoms with Crippen LogP contribution in [0.1, 0.15) is 22.3 Å². The molecular weight excluding hydrogens is 272 g/mol. The summed E-state index contributed by atoms with van der Waals surface area (Å²) in [6.07, 6.45) is 1.03. The number of rotatable bonds is 2. The second-order valence-electron chi connectivity index (χ2n) is 3.91. The lowest BCUT2D eigenvalue weighted by Gasteiger charge is -2.09. The summed E-state index contributed by atoms with van der Waals surface area (Å²) >= 11 is 5.33. The van der Waals surface area contributed by atoms with E-state index in [1.54, 1.807) is 0 Å². The van der Waals surface area contributed by atoms with Gasteiger partial charge in [0.1, 0.15) is 0 Å². The van der Waals surface area contributed by atoms with Crippen LogP contribution < -0.4 is 0 Å². The van der Waals surface area contributed by atoms with Crippen molar-refractivity contribution in [3.8, 4) is 0 Å². The zero-order chi connectivity index (χ0) is 10.8. The minimum absolute atomic E-state index is 0.230. The maximum absolute atomic E-state index is 12.2. The zero-order valence-corrected chi connectivity index (χ0v) is 11.0. The summed E-state index contributed by atoms with van der Waals surface area (Å²) in [5.41, 5.74) is 2.00. The Bertz CT molecular complexity index is 383. The van der Waals surface area contributed by atoms with E-state index in [2.05, 4.69) is 15.9 Å². The summed E-state index contributed by atoms with van der Waals surface area (Å²) in [6, 6.07) is 5.96. The van der Waals surface area contributed by atoms with E-state index in [1.165, 1.54) is 0 Å². The maximum atomic E-state index is 12.2. The summed E-state index contributed by atoms with van der Waals surface area (Å²) in [5, 5.41) is 0. The molecule has 1 unspecified atom stereocenters. The monoisotopic (exact) mass is 284 g/mol. The second kappa shape index (κ2) is 4.71. The minimum atomic E-state index is 0.230. The fourth-order valence-electron chi connectivity index (χ4n) is 1.79. The summed E-state index contributed by atoms with van der Waals surface area (Å²) in [7, 11) is 0. The third-order valence-corrected chi connectivity index (χ3v) is 4.54. The van der Waals surface area contributed by atoms with Crippen molar-refractivity contribution >= 4 is 33.5 Å². The lowest BCUT2D eigenvalue weighted by Crippen LogP contribution is -2.14. The van der Waals surface area contributed by atoms with Gasteiger partial charge in [-0.1, -0.05) is 27.6 Å². The molecule has 1 aliphatic heterocycles. The van der Waals surface area contributed by atoms with E-state index in [-0.39, 0.29) is 5.92 Å². The van der Waals surface area contributed by atoms with Gasteiger partial charge >= 0.3 is 0 Å². The molecular formula is C12H13BrOS. The Morgan fingerprint density at radius 3 is 3.00 bits per heavy atom. The molecule has 1 aromatic carbocycles. The van der Waals surface area contributed by atoms with Gasteiger partial charge in [-0.2, -0.15) is 11.8 Å². The van der Waals surface area contributed by atoms with Crippen molar-refractivity contribution in [2.24, 2.45) is 5.92 Å². The van der Waals surface area contributed by atoms with Crippen LogP contribution in [0, 0.1) is 12.8 Å². The first kappa shape index (κ1) is 11.2. The van der Waals surface area contributed by atoms with Gasteiger partial charge in [0.05, 0.1) is 0 Å². The Morgan fingerprint density at radius 1 is 1.53 bits per heavy atom. The van der Waals surface area contributed by atoms with Crippen LogP contribution in [0.25, 0.3) is 0 Å². The number of Topliss-reactive ketones (excluding diaryl/α,β-unsaturated/α-hetero) is 1. The van der Waals surface area contributed by atoms with Gasteiger partial charge in [-0.15, -0.1) is 0 Å². The molecule has 0 spiro atoms. The van der Waals surface area contributed by atoms with Crippen LogP contribution in [0.5, 0.6) is 0 Å². The molecule has 1 fully saturated rings. The van der Waals surface area contributed by atoms with E-state index < -0.39 is 0 Å². The van der Waals surface area contributed by atoms with Crippen molar-refractivity contribution < 1.29 is 4.79 Å². The van der Waals surface area contributed by atoms with Crippen LogP contribution in [-0.4, -0.2) is 17.3 Å². The molecule has 0 N–H and O–H groups in total. The van der Waals surface area contributed by atoms with Gasteiger partial charge in [-0.05, 0) is 31.2 Å². The molecule has 0 aliphatic carbocycles. The van der Waals surface area contributed by atoms with Crippen LogP contribution in [0.3, 0.4) is 0 Å². The number of ketones is 1. The Kier molecular flexibility index (Phi) is 3.52. The predicted molar refractivity (Wildman–Crippen MR) is 68.6 cm³/mol. The first-order valence-corrected chi connectivity index (χ1v) is 7.01. The molecule has 1 atom stereocenters. The Labute approximate surface area is 103 Å². The molecule has 15 heavy (non-hydrogen) atoms. The maximum Gasteiger partial charge on any atom is 0.167 e. The molecule has 1 nitrogen and oxygen atoms in total. The molecule has 0 amide bonds. The zero-order valence-electron chi connectivity index (χ0n) is 8.63. The van der Waals surface area contributed by atoms with Crippen molar-refractivity contribution in [1.29, 1.82) is 0 Å². The fourth-order valence-corrected chi connectivity index (χ4v) is 3.45. The van der Waals surface area contributed by atoms with Gasteiger partial charge in [0.15, 0.2) is 5.78 Å². The molecule has 80 valence electrons. The normalized spacial score (nSPS) is 20.5. The molecule has 3 heteroatoms. The van der Waals surface area contributed by atoms with Gasteiger partial charge in [0.2, 0.25) is 0 Å². The standard InChI is InChI=1S/C12H13BrOS/c1-8-2-3-11(13)10(6-8)12(14)9-4-5-15-7-9/h2-3,6,9H,4-5,7H2,1H3. The van der Waals surface area contributed by atoms with E-state index >= 15 is 0 Å². The topological polar surface area (TPSA) is 17.1 Å². The largest absolute Gasteiger partial charge is 0.294 e. The first-order chi connectivity index (χ1) is 7.18.